The standard InChI is InChI=1S/C27H30BrN3O4S2/c1-17(2)13-14-35-25-12-6-20(16-23(25)28)26(32)30-27(36)29-21-7-9-22(10-8-21)37(33,34)31-24-11-5-18(3)15-19(24)4/h5-12,15-17,31H,13-14H2,1-4H3,(H2,29,30,32,36). The van der Waals surface area contributed by atoms with E-state index in [9.17, 15) is 13.2 Å². The minimum absolute atomic E-state index is 0.0856. The Morgan fingerprint density at radius 2 is 1.73 bits per heavy atom. The van der Waals surface area contributed by atoms with Gasteiger partial charge in [-0.1, -0.05) is 31.5 Å². The lowest BCUT2D eigenvalue weighted by molar-refractivity contribution is 0.0977. The predicted octanol–water partition coefficient (Wildman–Crippen LogP) is 6.42. The van der Waals surface area contributed by atoms with Crippen LogP contribution >= 0.6 is 28.1 Å². The highest BCUT2D eigenvalue weighted by atomic mass is 79.9. The van der Waals surface area contributed by atoms with Gasteiger partial charge in [-0.25, -0.2) is 8.42 Å². The van der Waals surface area contributed by atoms with Crippen molar-refractivity contribution in [3.05, 3.63) is 81.8 Å². The molecule has 0 heterocycles. The van der Waals surface area contributed by atoms with Gasteiger partial charge in [-0.3, -0.25) is 14.8 Å². The fraction of sp³-hybridized carbons (Fsp3) is 0.259. The number of halogens is 1. The molecule has 0 radical (unpaired) electrons. The predicted molar refractivity (Wildman–Crippen MR) is 156 cm³/mol. The SMILES string of the molecule is Cc1ccc(NS(=O)(=O)c2ccc(NC(=S)NC(=O)c3ccc(OCCC(C)C)c(Br)c3)cc2)c(C)c1. The second kappa shape index (κ2) is 12.5. The van der Waals surface area contributed by atoms with Crippen molar-refractivity contribution >= 4 is 60.6 Å². The van der Waals surface area contributed by atoms with Crippen LogP contribution in [0.2, 0.25) is 0 Å². The summed E-state index contributed by atoms with van der Waals surface area (Å²) in [6.45, 7) is 8.65. The molecule has 7 nitrogen and oxygen atoms in total. The van der Waals surface area contributed by atoms with E-state index in [4.69, 9.17) is 17.0 Å². The number of carbonyl (C=O) groups is 1. The van der Waals surface area contributed by atoms with Crippen molar-refractivity contribution in [1.82, 2.24) is 5.32 Å². The largest absolute Gasteiger partial charge is 0.492 e. The van der Waals surface area contributed by atoms with Crippen molar-refractivity contribution in [1.29, 1.82) is 0 Å². The minimum Gasteiger partial charge on any atom is -0.492 e. The van der Waals surface area contributed by atoms with Crippen LogP contribution in [-0.2, 0) is 10.0 Å². The Morgan fingerprint density at radius 1 is 1.03 bits per heavy atom. The molecule has 196 valence electrons. The maximum atomic E-state index is 12.8. The van der Waals surface area contributed by atoms with Gasteiger partial charge >= 0.3 is 0 Å². The summed E-state index contributed by atoms with van der Waals surface area (Å²) in [6.07, 6.45) is 0.935. The quantitative estimate of drug-likeness (QED) is 0.244. The first-order chi connectivity index (χ1) is 17.4. The second-order valence-electron chi connectivity index (χ2n) is 9.03. The maximum absolute atomic E-state index is 12.8. The number of nitrogens with one attached hydrogen (secondary N) is 3. The number of benzene rings is 3. The third-order valence-electron chi connectivity index (χ3n) is 5.42. The van der Waals surface area contributed by atoms with Gasteiger partial charge in [0, 0.05) is 11.3 Å². The molecule has 0 spiro atoms. The number of sulfonamides is 1. The number of aryl methyl sites for hydroxylation is 2. The van der Waals surface area contributed by atoms with Crippen LogP contribution < -0.4 is 20.1 Å². The van der Waals surface area contributed by atoms with Gasteiger partial charge < -0.3 is 10.1 Å². The molecule has 0 unspecified atom stereocenters. The van der Waals surface area contributed by atoms with Crippen LogP contribution in [0.1, 0.15) is 41.8 Å². The molecule has 3 rings (SSSR count). The Bertz CT molecular complexity index is 1390. The number of rotatable bonds is 9. The van der Waals surface area contributed by atoms with Gasteiger partial charge in [-0.2, -0.15) is 0 Å². The Labute approximate surface area is 232 Å². The lowest BCUT2D eigenvalue weighted by atomic mass is 10.1. The van der Waals surface area contributed by atoms with E-state index < -0.39 is 10.0 Å². The summed E-state index contributed by atoms with van der Waals surface area (Å²) >= 11 is 8.71. The molecule has 0 atom stereocenters. The average molecular weight is 605 g/mol. The van der Waals surface area contributed by atoms with Crippen molar-refractivity contribution in [2.24, 2.45) is 5.92 Å². The number of thiocarbonyl (C=S) groups is 1. The summed E-state index contributed by atoms with van der Waals surface area (Å²) in [5, 5.41) is 5.61. The van der Waals surface area contributed by atoms with Crippen LogP contribution in [0.25, 0.3) is 0 Å². The average Bonchev–Trinajstić information content (AvgIpc) is 2.82. The van der Waals surface area contributed by atoms with Crippen LogP contribution in [0, 0.1) is 19.8 Å². The van der Waals surface area contributed by atoms with Crippen molar-refractivity contribution < 1.29 is 17.9 Å². The molecule has 0 bridgehead atoms. The van der Waals surface area contributed by atoms with Crippen LogP contribution in [0.3, 0.4) is 0 Å². The molecule has 0 aliphatic rings. The molecule has 3 aromatic rings. The first kappa shape index (κ1) is 28.6. The highest BCUT2D eigenvalue weighted by Crippen LogP contribution is 2.26. The number of anilines is 2. The number of ether oxygens (including phenoxy) is 1. The molecule has 0 saturated heterocycles. The van der Waals surface area contributed by atoms with E-state index in [-0.39, 0.29) is 15.9 Å². The second-order valence-corrected chi connectivity index (χ2v) is 12.0. The van der Waals surface area contributed by atoms with Crippen LogP contribution in [0.4, 0.5) is 11.4 Å². The number of carbonyl (C=O) groups excluding carboxylic acids is 1. The fourth-order valence-electron chi connectivity index (χ4n) is 3.35. The third-order valence-corrected chi connectivity index (χ3v) is 7.63. The van der Waals surface area contributed by atoms with Crippen LogP contribution in [0.5, 0.6) is 5.75 Å². The van der Waals surface area contributed by atoms with E-state index in [1.54, 1.807) is 36.4 Å². The summed E-state index contributed by atoms with van der Waals surface area (Å²) in [6, 6.07) is 16.7. The van der Waals surface area contributed by atoms with Crippen molar-refractivity contribution in [3.63, 3.8) is 0 Å². The van der Waals surface area contributed by atoms with Gasteiger partial charge in [0.15, 0.2) is 5.11 Å². The molecular weight excluding hydrogens is 574 g/mol. The highest BCUT2D eigenvalue weighted by Gasteiger charge is 2.16. The molecule has 3 aromatic carbocycles. The topological polar surface area (TPSA) is 96.5 Å². The van der Waals surface area contributed by atoms with Crippen LogP contribution in [0.15, 0.2) is 70.0 Å². The summed E-state index contributed by atoms with van der Waals surface area (Å²) in [5.41, 5.74) is 3.36. The first-order valence-corrected chi connectivity index (χ1v) is 14.4. The Balaban J connectivity index is 1.58. The Kier molecular flexibility index (Phi) is 9.69. The zero-order valence-corrected chi connectivity index (χ0v) is 24.3. The zero-order chi connectivity index (χ0) is 27.2. The van der Waals surface area contributed by atoms with E-state index in [0.29, 0.717) is 39.7 Å². The van der Waals surface area contributed by atoms with Crippen molar-refractivity contribution in [2.75, 3.05) is 16.6 Å². The maximum Gasteiger partial charge on any atom is 0.261 e. The van der Waals surface area contributed by atoms with Crippen molar-refractivity contribution in [3.8, 4) is 5.75 Å². The van der Waals surface area contributed by atoms with Gasteiger partial charge in [0.1, 0.15) is 5.75 Å². The summed E-state index contributed by atoms with van der Waals surface area (Å²) in [4.78, 5) is 12.7. The minimum atomic E-state index is -3.76. The van der Waals surface area contributed by atoms with Gasteiger partial charge in [0.05, 0.1) is 21.7 Å². The van der Waals surface area contributed by atoms with E-state index in [1.165, 1.54) is 12.1 Å². The summed E-state index contributed by atoms with van der Waals surface area (Å²) in [7, 11) is -3.76. The molecule has 0 aromatic heterocycles. The van der Waals surface area contributed by atoms with Gasteiger partial charge in [-0.15, -0.1) is 0 Å². The molecule has 1 amide bonds. The lowest BCUT2D eigenvalue weighted by Gasteiger charge is -2.13. The number of hydrogen-bond donors (Lipinski definition) is 3. The van der Waals surface area contributed by atoms with E-state index in [2.05, 4.69) is 45.1 Å². The molecule has 0 aliphatic heterocycles. The smallest absolute Gasteiger partial charge is 0.261 e. The first-order valence-electron chi connectivity index (χ1n) is 11.7. The highest BCUT2D eigenvalue weighted by molar-refractivity contribution is 9.10. The molecule has 10 heteroatoms. The van der Waals surface area contributed by atoms with Gasteiger partial charge in [0.25, 0.3) is 15.9 Å². The van der Waals surface area contributed by atoms with Gasteiger partial charge in [-0.05, 0) is 108 Å². The zero-order valence-electron chi connectivity index (χ0n) is 21.1. The number of hydrogen-bond acceptors (Lipinski definition) is 5. The van der Waals surface area contributed by atoms with Gasteiger partial charge in [0.2, 0.25) is 0 Å². The monoisotopic (exact) mass is 603 g/mol. The van der Waals surface area contributed by atoms with Crippen LogP contribution in [-0.4, -0.2) is 26.0 Å². The molecule has 0 saturated carbocycles. The normalized spacial score (nSPS) is 11.2. The summed E-state index contributed by atoms with van der Waals surface area (Å²) < 4.78 is 34.6. The van der Waals surface area contributed by atoms with Crippen molar-refractivity contribution in [2.45, 2.75) is 39.0 Å². The molecule has 3 N–H and O–H groups in total. The molecular formula is C27H30BrN3O4S2. The van der Waals surface area contributed by atoms with E-state index in [0.717, 1.165) is 17.5 Å². The van der Waals surface area contributed by atoms with E-state index in [1.807, 2.05) is 26.0 Å². The Morgan fingerprint density at radius 3 is 2.35 bits per heavy atom. The third kappa shape index (κ3) is 8.28. The molecule has 37 heavy (non-hydrogen) atoms. The lowest BCUT2D eigenvalue weighted by Crippen LogP contribution is -2.34. The molecule has 0 fully saturated rings. The van der Waals surface area contributed by atoms with E-state index >= 15 is 0 Å². The number of amides is 1. The fourth-order valence-corrected chi connectivity index (χ4v) is 5.19. The Hall–Kier alpha value is -2.95. The molecule has 0 aliphatic carbocycles. The summed E-state index contributed by atoms with van der Waals surface area (Å²) in [5.74, 6) is 0.821.